The van der Waals surface area contributed by atoms with Crippen molar-refractivity contribution in [1.82, 2.24) is 24.3 Å². The fourth-order valence-electron chi connectivity index (χ4n) is 4.01. The van der Waals surface area contributed by atoms with Gasteiger partial charge >= 0.3 is 0 Å². The van der Waals surface area contributed by atoms with Crippen molar-refractivity contribution in [3.63, 3.8) is 0 Å². The first kappa shape index (κ1) is 20.0. The third-order valence-electron chi connectivity index (χ3n) is 5.72. The largest absolute Gasteiger partial charge is 0.296 e. The van der Waals surface area contributed by atoms with E-state index in [0.717, 1.165) is 37.3 Å². The van der Waals surface area contributed by atoms with Gasteiger partial charge in [0.25, 0.3) is 5.91 Å². The van der Waals surface area contributed by atoms with Crippen LogP contribution in [0.25, 0.3) is 0 Å². The summed E-state index contributed by atoms with van der Waals surface area (Å²) >= 11 is 0. The van der Waals surface area contributed by atoms with Crippen molar-refractivity contribution in [1.29, 1.82) is 0 Å². The Morgan fingerprint density at radius 2 is 1.87 bits per heavy atom. The molecule has 1 amide bonds. The van der Waals surface area contributed by atoms with Gasteiger partial charge in [0, 0.05) is 35.6 Å². The van der Waals surface area contributed by atoms with E-state index in [9.17, 15) is 9.59 Å². The Labute approximate surface area is 175 Å². The molecule has 0 aliphatic carbocycles. The lowest BCUT2D eigenvalue weighted by Crippen LogP contribution is -2.38. The maximum atomic E-state index is 13.0. The summed E-state index contributed by atoms with van der Waals surface area (Å²) in [5.41, 5.74) is 5.69. The molecule has 1 N–H and O–H groups in total. The molecule has 156 valence electrons. The van der Waals surface area contributed by atoms with Crippen LogP contribution in [0.5, 0.6) is 0 Å². The van der Waals surface area contributed by atoms with Crippen molar-refractivity contribution >= 4 is 11.7 Å². The molecule has 0 bridgehead atoms. The third kappa shape index (κ3) is 4.18. The smallest absolute Gasteiger partial charge is 0.270 e. The van der Waals surface area contributed by atoms with Crippen LogP contribution in [-0.4, -0.2) is 55.7 Å². The number of nitrogens with one attached hydrogen (secondary N) is 1. The highest BCUT2D eigenvalue weighted by atomic mass is 16.2. The maximum absolute atomic E-state index is 13.0. The highest BCUT2D eigenvalue weighted by Crippen LogP contribution is 2.22. The van der Waals surface area contributed by atoms with E-state index in [0.29, 0.717) is 23.7 Å². The second-order valence-electron chi connectivity index (χ2n) is 7.73. The molecule has 4 rings (SSSR count). The van der Waals surface area contributed by atoms with E-state index in [-0.39, 0.29) is 11.7 Å². The Bertz CT molecular complexity index is 1020. The van der Waals surface area contributed by atoms with Crippen LogP contribution in [0.15, 0.2) is 49.1 Å². The van der Waals surface area contributed by atoms with Crippen LogP contribution in [0.4, 0.5) is 0 Å². The first-order valence-electron chi connectivity index (χ1n) is 10.2. The number of piperidine rings is 1. The average molecular weight is 406 g/mol. The molecule has 2 aromatic heterocycles. The fraction of sp³-hybridized carbons (Fsp3) is 0.364. The number of carbonyl (C=O) groups is 2. The van der Waals surface area contributed by atoms with E-state index in [1.54, 1.807) is 29.5 Å². The van der Waals surface area contributed by atoms with Crippen molar-refractivity contribution in [3.8, 4) is 0 Å². The molecule has 30 heavy (non-hydrogen) atoms. The van der Waals surface area contributed by atoms with E-state index in [4.69, 9.17) is 0 Å². The molecule has 0 spiro atoms. The number of hydrogen-bond donors (Lipinski definition) is 1. The van der Waals surface area contributed by atoms with E-state index < -0.39 is 0 Å². The molecule has 0 atom stereocenters. The van der Waals surface area contributed by atoms with E-state index in [1.165, 1.54) is 0 Å². The number of ketones is 1. The zero-order valence-electron chi connectivity index (χ0n) is 17.3. The lowest BCUT2D eigenvalue weighted by Gasteiger charge is -2.31. The molecule has 0 unspecified atom stereocenters. The number of hydrogen-bond acceptors (Lipinski definition) is 5. The number of amides is 1. The fourth-order valence-corrected chi connectivity index (χ4v) is 4.01. The van der Waals surface area contributed by atoms with Gasteiger partial charge in [0.15, 0.2) is 5.78 Å². The highest BCUT2D eigenvalue weighted by molar-refractivity contribution is 6.01. The van der Waals surface area contributed by atoms with Gasteiger partial charge in [-0.25, -0.2) is 9.67 Å². The van der Waals surface area contributed by atoms with Gasteiger partial charge < -0.3 is 0 Å². The molecule has 1 saturated heterocycles. The quantitative estimate of drug-likeness (QED) is 0.636. The summed E-state index contributed by atoms with van der Waals surface area (Å²) < 4.78 is 3.60. The Kier molecular flexibility index (Phi) is 5.76. The Morgan fingerprint density at radius 3 is 2.53 bits per heavy atom. The zero-order chi connectivity index (χ0) is 21.1. The van der Waals surface area contributed by atoms with E-state index >= 15 is 0 Å². The van der Waals surface area contributed by atoms with Gasteiger partial charge in [0.1, 0.15) is 12.7 Å². The van der Waals surface area contributed by atoms with Gasteiger partial charge in [-0.1, -0.05) is 18.2 Å². The number of nitrogens with zero attached hydrogens (tertiary/aromatic N) is 5. The molecular weight excluding hydrogens is 380 g/mol. The molecule has 8 heteroatoms. The Morgan fingerprint density at radius 1 is 1.13 bits per heavy atom. The molecule has 1 aromatic carbocycles. The minimum atomic E-state index is -0.202. The van der Waals surface area contributed by atoms with Gasteiger partial charge in [-0.15, -0.1) is 0 Å². The van der Waals surface area contributed by atoms with Gasteiger partial charge in [-0.05, 0) is 44.9 Å². The number of benzene rings is 1. The van der Waals surface area contributed by atoms with Crippen molar-refractivity contribution in [3.05, 3.63) is 71.6 Å². The average Bonchev–Trinajstić information content (AvgIpc) is 3.39. The van der Waals surface area contributed by atoms with Crippen LogP contribution in [0.2, 0.25) is 0 Å². The Hall–Kier alpha value is -3.26. The van der Waals surface area contributed by atoms with Crippen molar-refractivity contribution in [2.24, 2.45) is 0 Å². The second-order valence-corrected chi connectivity index (χ2v) is 7.73. The number of rotatable bonds is 6. The van der Waals surface area contributed by atoms with Crippen LogP contribution >= 0.6 is 0 Å². The van der Waals surface area contributed by atoms with Crippen molar-refractivity contribution < 1.29 is 9.59 Å². The van der Waals surface area contributed by atoms with Crippen LogP contribution in [0, 0.1) is 13.8 Å². The standard InChI is InChI=1S/C22H26N6O2/c1-16-12-20(17(2)28(16)25-22(30)18-6-4-3-5-7-18)21(29)13-26-10-8-19(9-11-26)27-15-23-14-24-27/h3-7,12,14-15,19H,8-11,13H2,1-2H3,(H,25,30). The van der Waals surface area contributed by atoms with Crippen LogP contribution in [0.1, 0.15) is 51.0 Å². The minimum absolute atomic E-state index is 0.0718. The molecule has 0 radical (unpaired) electrons. The first-order chi connectivity index (χ1) is 14.5. The number of Topliss-reactive ketones (excluding diaryl/α,β-unsaturated/α-hetero) is 1. The lowest BCUT2D eigenvalue weighted by atomic mass is 10.0. The summed E-state index contributed by atoms with van der Waals surface area (Å²) in [7, 11) is 0. The molecular formula is C22H26N6O2. The predicted molar refractivity (Wildman–Crippen MR) is 113 cm³/mol. The van der Waals surface area contributed by atoms with Gasteiger partial charge in [0.2, 0.25) is 0 Å². The normalized spacial score (nSPS) is 15.3. The first-order valence-corrected chi connectivity index (χ1v) is 10.2. The van der Waals surface area contributed by atoms with Crippen LogP contribution in [-0.2, 0) is 0 Å². The molecule has 1 aliphatic heterocycles. The number of likely N-dealkylation sites (tertiary alicyclic amines) is 1. The molecule has 1 fully saturated rings. The topological polar surface area (TPSA) is 85.1 Å². The van der Waals surface area contributed by atoms with Gasteiger partial charge in [-0.3, -0.25) is 24.6 Å². The molecule has 1 aliphatic rings. The molecule has 3 heterocycles. The van der Waals surface area contributed by atoms with E-state index in [1.807, 2.05) is 42.8 Å². The second kappa shape index (κ2) is 8.62. The van der Waals surface area contributed by atoms with Gasteiger partial charge in [-0.2, -0.15) is 5.10 Å². The predicted octanol–water partition coefficient (Wildman–Crippen LogP) is 2.60. The van der Waals surface area contributed by atoms with Crippen LogP contribution in [0.3, 0.4) is 0 Å². The highest BCUT2D eigenvalue weighted by Gasteiger charge is 2.24. The summed E-state index contributed by atoms with van der Waals surface area (Å²) in [6.45, 7) is 5.82. The number of aromatic nitrogens is 4. The molecule has 0 saturated carbocycles. The summed E-state index contributed by atoms with van der Waals surface area (Å²) in [6.07, 6.45) is 5.21. The Balaban J connectivity index is 1.39. The lowest BCUT2D eigenvalue weighted by molar-refractivity contribution is 0.0893. The zero-order valence-corrected chi connectivity index (χ0v) is 17.3. The minimum Gasteiger partial charge on any atom is -0.296 e. The van der Waals surface area contributed by atoms with Crippen molar-refractivity contribution in [2.75, 3.05) is 25.1 Å². The van der Waals surface area contributed by atoms with Crippen molar-refractivity contribution in [2.45, 2.75) is 32.7 Å². The monoisotopic (exact) mass is 406 g/mol. The summed E-state index contributed by atoms with van der Waals surface area (Å²) in [5.74, 6) is -0.130. The summed E-state index contributed by atoms with van der Waals surface area (Å²) in [5, 5.41) is 4.23. The third-order valence-corrected chi connectivity index (χ3v) is 5.72. The number of carbonyl (C=O) groups excluding carboxylic acids is 2. The SMILES string of the molecule is Cc1cc(C(=O)CN2CCC(n3cncn3)CC2)c(C)n1NC(=O)c1ccccc1. The molecule has 8 nitrogen and oxygen atoms in total. The van der Waals surface area contributed by atoms with E-state index in [2.05, 4.69) is 20.4 Å². The van der Waals surface area contributed by atoms with Crippen LogP contribution < -0.4 is 5.43 Å². The maximum Gasteiger partial charge on any atom is 0.270 e. The summed E-state index contributed by atoms with van der Waals surface area (Å²) in [6, 6.07) is 11.2. The summed E-state index contributed by atoms with van der Waals surface area (Å²) in [4.78, 5) is 31.7. The van der Waals surface area contributed by atoms with Gasteiger partial charge in [0.05, 0.1) is 12.6 Å². The molecule has 3 aromatic rings. The number of aryl methyl sites for hydroxylation is 1.